The van der Waals surface area contributed by atoms with Crippen molar-refractivity contribution in [2.45, 2.75) is 20.1 Å². The summed E-state index contributed by atoms with van der Waals surface area (Å²) >= 11 is 0. The molecule has 1 heterocycles. The lowest BCUT2D eigenvalue weighted by Crippen LogP contribution is -2.39. The van der Waals surface area contributed by atoms with E-state index >= 15 is 0 Å². The second-order valence-electron chi connectivity index (χ2n) is 5.82. The maximum absolute atomic E-state index is 12.2. The van der Waals surface area contributed by atoms with E-state index in [0.717, 1.165) is 10.5 Å². The van der Waals surface area contributed by atoms with E-state index in [0.29, 0.717) is 19.0 Å². The molecule has 0 radical (unpaired) electrons. The number of carbonyl (C=O) groups is 2. The minimum Gasteiger partial charge on any atom is -0.435 e. The van der Waals surface area contributed by atoms with Crippen molar-refractivity contribution in [1.82, 2.24) is 20.4 Å². The van der Waals surface area contributed by atoms with Crippen LogP contribution >= 0.6 is 24.0 Å². The first-order valence-corrected chi connectivity index (χ1v) is 8.52. The molecule has 8 nitrogen and oxygen atoms in total. The van der Waals surface area contributed by atoms with Crippen molar-refractivity contribution in [1.29, 1.82) is 0 Å². The van der Waals surface area contributed by atoms with Gasteiger partial charge in [-0.05, 0) is 24.6 Å². The number of ether oxygens (including phenoxy) is 1. The Morgan fingerprint density at radius 2 is 2.04 bits per heavy atom. The lowest BCUT2D eigenvalue weighted by Gasteiger charge is -2.22. The molecule has 1 aliphatic rings. The number of hydrogen-bond acceptors (Lipinski definition) is 4. The first-order chi connectivity index (χ1) is 12.9. The van der Waals surface area contributed by atoms with Gasteiger partial charge in [0, 0.05) is 20.1 Å². The lowest BCUT2D eigenvalue weighted by molar-refractivity contribution is -0.124. The number of imide groups is 1. The number of amides is 3. The van der Waals surface area contributed by atoms with Gasteiger partial charge in [0.05, 0.1) is 19.6 Å². The summed E-state index contributed by atoms with van der Waals surface area (Å²) in [5, 5.41) is 5.60. The summed E-state index contributed by atoms with van der Waals surface area (Å²) in [5.74, 6) is 0.447. The van der Waals surface area contributed by atoms with Crippen molar-refractivity contribution < 1.29 is 23.1 Å². The van der Waals surface area contributed by atoms with E-state index in [1.807, 2.05) is 18.9 Å². The average molecular weight is 511 g/mol. The molecule has 11 heteroatoms. The summed E-state index contributed by atoms with van der Waals surface area (Å²) in [7, 11) is 1.83. The third-order valence-corrected chi connectivity index (χ3v) is 3.79. The molecule has 1 aliphatic heterocycles. The van der Waals surface area contributed by atoms with Gasteiger partial charge in [0.25, 0.3) is 0 Å². The number of alkyl halides is 2. The Bertz CT molecular complexity index is 672. The monoisotopic (exact) mass is 511 g/mol. The molecule has 1 aromatic carbocycles. The molecule has 0 aliphatic carbocycles. The zero-order chi connectivity index (χ0) is 19.8. The van der Waals surface area contributed by atoms with Crippen LogP contribution in [0.5, 0.6) is 5.75 Å². The molecule has 1 saturated heterocycles. The number of nitrogens with zero attached hydrogens (tertiary/aromatic N) is 3. The largest absolute Gasteiger partial charge is 0.435 e. The molecule has 0 atom stereocenters. The predicted octanol–water partition coefficient (Wildman–Crippen LogP) is 1.86. The molecule has 156 valence electrons. The second-order valence-corrected chi connectivity index (χ2v) is 5.82. The summed E-state index contributed by atoms with van der Waals surface area (Å²) in [6.45, 7) is 0.707. The van der Waals surface area contributed by atoms with Crippen molar-refractivity contribution in [2.75, 3.05) is 33.2 Å². The molecule has 2 N–H and O–H groups in total. The molecular weight excluding hydrogens is 487 g/mol. The third kappa shape index (κ3) is 7.09. The van der Waals surface area contributed by atoms with Gasteiger partial charge in [0.15, 0.2) is 5.96 Å². The van der Waals surface area contributed by atoms with Gasteiger partial charge in [-0.25, -0.2) is 4.79 Å². The number of halogens is 3. The van der Waals surface area contributed by atoms with Gasteiger partial charge >= 0.3 is 12.6 Å². The standard InChI is InChI=1S/C17H23F2N5O3.HI/c1-3-20-16(21-8-9-24-14(25)10-22-17(24)26)23(2)11-12-4-6-13(7-5-12)27-15(18)19;/h4-7,15H,3,8-11H2,1-2H3,(H,20,21)(H,22,26);1H. The molecule has 0 aromatic heterocycles. The normalized spacial score (nSPS) is 14.0. The SMILES string of the molecule is CCNC(=NCCN1C(=O)CNC1=O)N(C)Cc1ccc(OC(F)F)cc1.I. The number of rotatable bonds is 8. The molecule has 3 amide bonds. The maximum atomic E-state index is 12.2. The topological polar surface area (TPSA) is 86.3 Å². The number of guanidine groups is 1. The molecule has 0 unspecified atom stereocenters. The summed E-state index contributed by atoms with van der Waals surface area (Å²) in [5.41, 5.74) is 0.888. The van der Waals surface area contributed by atoms with Crippen molar-refractivity contribution >= 4 is 41.9 Å². The van der Waals surface area contributed by atoms with E-state index in [2.05, 4.69) is 20.4 Å². The van der Waals surface area contributed by atoms with Crippen LogP contribution in [0.3, 0.4) is 0 Å². The summed E-state index contributed by atoms with van der Waals surface area (Å²) in [6.07, 6.45) is 0. The van der Waals surface area contributed by atoms with Crippen molar-refractivity contribution in [3.8, 4) is 5.75 Å². The van der Waals surface area contributed by atoms with Crippen LogP contribution in [0.25, 0.3) is 0 Å². The zero-order valence-corrected chi connectivity index (χ0v) is 18.0. The van der Waals surface area contributed by atoms with Gasteiger partial charge in [-0.1, -0.05) is 12.1 Å². The van der Waals surface area contributed by atoms with Crippen LogP contribution in [0, 0.1) is 0 Å². The van der Waals surface area contributed by atoms with Gasteiger partial charge < -0.3 is 20.3 Å². The highest BCUT2D eigenvalue weighted by molar-refractivity contribution is 14.0. The Hall–Kier alpha value is -2.18. The van der Waals surface area contributed by atoms with Crippen LogP contribution in [-0.4, -0.2) is 67.5 Å². The summed E-state index contributed by atoms with van der Waals surface area (Å²) in [6, 6.07) is 5.96. The van der Waals surface area contributed by atoms with Gasteiger partial charge in [0.2, 0.25) is 5.91 Å². The molecule has 0 spiro atoms. The lowest BCUT2D eigenvalue weighted by atomic mass is 10.2. The van der Waals surface area contributed by atoms with E-state index in [9.17, 15) is 18.4 Å². The second kappa shape index (κ2) is 11.6. The van der Waals surface area contributed by atoms with Crippen LogP contribution in [0.4, 0.5) is 13.6 Å². The predicted molar refractivity (Wildman–Crippen MR) is 111 cm³/mol. The number of urea groups is 1. The summed E-state index contributed by atoms with van der Waals surface area (Å²) < 4.78 is 28.7. The highest BCUT2D eigenvalue weighted by Crippen LogP contribution is 2.15. The smallest absolute Gasteiger partial charge is 0.387 e. The summed E-state index contributed by atoms with van der Waals surface area (Å²) in [4.78, 5) is 30.5. The Morgan fingerprint density at radius 1 is 1.36 bits per heavy atom. The number of hydrogen-bond donors (Lipinski definition) is 2. The fourth-order valence-corrected chi connectivity index (χ4v) is 2.53. The van der Waals surface area contributed by atoms with Crippen molar-refractivity contribution in [3.63, 3.8) is 0 Å². The Labute approximate surface area is 179 Å². The van der Waals surface area contributed by atoms with E-state index in [1.165, 1.54) is 12.1 Å². The van der Waals surface area contributed by atoms with Gasteiger partial charge in [0.1, 0.15) is 5.75 Å². The van der Waals surface area contributed by atoms with Gasteiger partial charge in [-0.2, -0.15) is 8.78 Å². The van der Waals surface area contributed by atoms with E-state index in [-0.39, 0.29) is 55.3 Å². The Kier molecular flexibility index (Phi) is 9.90. The van der Waals surface area contributed by atoms with Crippen LogP contribution in [0.15, 0.2) is 29.3 Å². The minimum atomic E-state index is -2.85. The van der Waals surface area contributed by atoms with Crippen LogP contribution in [-0.2, 0) is 11.3 Å². The van der Waals surface area contributed by atoms with Crippen LogP contribution in [0.2, 0.25) is 0 Å². The van der Waals surface area contributed by atoms with E-state index < -0.39 is 12.6 Å². The van der Waals surface area contributed by atoms with E-state index in [4.69, 9.17) is 0 Å². The number of benzene rings is 1. The quantitative estimate of drug-likeness (QED) is 0.241. The molecule has 1 aromatic rings. The highest BCUT2D eigenvalue weighted by Gasteiger charge is 2.27. The fourth-order valence-electron chi connectivity index (χ4n) is 2.53. The maximum Gasteiger partial charge on any atom is 0.387 e. The highest BCUT2D eigenvalue weighted by atomic mass is 127. The first-order valence-electron chi connectivity index (χ1n) is 8.52. The average Bonchev–Trinajstić information content (AvgIpc) is 2.94. The van der Waals surface area contributed by atoms with Gasteiger partial charge in [-0.3, -0.25) is 14.7 Å². The molecule has 2 rings (SSSR count). The number of nitrogens with one attached hydrogen (secondary N) is 2. The van der Waals surface area contributed by atoms with Gasteiger partial charge in [-0.15, -0.1) is 24.0 Å². The van der Waals surface area contributed by atoms with E-state index in [1.54, 1.807) is 12.1 Å². The zero-order valence-electron chi connectivity index (χ0n) is 15.7. The number of carbonyl (C=O) groups excluding carboxylic acids is 2. The molecule has 0 saturated carbocycles. The van der Waals surface area contributed by atoms with Crippen molar-refractivity contribution in [2.24, 2.45) is 4.99 Å². The first kappa shape index (κ1) is 23.9. The fraction of sp³-hybridized carbons (Fsp3) is 0.471. The van der Waals surface area contributed by atoms with Crippen LogP contribution in [0.1, 0.15) is 12.5 Å². The Morgan fingerprint density at radius 3 is 2.57 bits per heavy atom. The van der Waals surface area contributed by atoms with Crippen LogP contribution < -0.4 is 15.4 Å². The molecular formula is C17H24F2IN5O3. The molecule has 1 fully saturated rings. The number of aliphatic imine (C=N–C) groups is 1. The molecule has 0 bridgehead atoms. The third-order valence-electron chi connectivity index (χ3n) is 3.79. The molecule has 28 heavy (non-hydrogen) atoms. The Balaban J connectivity index is 0.00000392. The minimum absolute atomic E-state index is 0. The van der Waals surface area contributed by atoms with Crippen molar-refractivity contribution in [3.05, 3.63) is 29.8 Å².